The molecule has 0 aromatic carbocycles. The van der Waals surface area contributed by atoms with Gasteiger partial charge in [0.1, 0.15) is 17.3 Å². The monoisotopic (exact) mass is 470 g/mol. The van der Waals surface area contributed by atoms with E-state index in [-0.39, 0.29) is 28.5 Å². The number of fused-ring (bicyclic) bond motifs is 2. The maximum atomic E-state index is 11.6. The van der Waals surface area contributed by atoms with Crippen LogP contribution in [0.1, 0.15) is 93.4 Å². The molecular weight excluding hydrogens is 424 g/mol. The summed E-state index contributed by atoms with van der Waals surface area (Å²) >= 11 is 0. The number of ether oxygens (including phenoxy) is 1. The zero-order valence-electron chi connectivity index (χ0n) is 22.4. The number of hydrogen-bond acceptors (Lipinski definition) is 4. The SMILES string of the molecule is CC(=O)O[C@H]1CC[C@]2(C)[C@H]3CC[C@]4(C)[C@@H]([C@H](C)/C=C/[C@H](C)C(C)C)CC[C@H]4[C@@]34C=C[C@]2(C1)OO4. The molecule has 2 spiro atoms. The van der Waals surface area contributed by atoms with Crippen molar-refractivity contribution in [1.82, 2.24) is 0 Å². The van der Waals surface area contributed by atoms with E-state index in [0.29, 0.717) is 41.9 Å². The highest BCUT2D eigenvalue weighted by Gasteiger charge is 2.74. The van der Waals surface area contributed by atoms with Crippen LogP contribution < -0.4 is 0 Å². The van der Waals surface area contributed by atoms with Crippen molar-refractivity contribution in [2.24, 2.45) is 46.3 Å². The molecule has 4 heteroatoms. The highest BCUT2D eigenvalue weighted by atomic mass is 17.2. The van der Waals surface area contributed by atoms with Crippen LogP contribution in [0.25, 0.3) is 0 Å². The third-order valence-electron chi connectivity index (χ3n) is 11.4. The summed E-state index contributed by atoms with van der Waals surface area (Å²) in [4.78, 5) is 24.6. The highest BCUT2D eigenvalue weighted by molar-refractivity contribution is 5.66. The quantitative estimate of drug-likeness (QED) is 0.245. The normalized spacial score (nSPS) is 48.9. The van der Waals surface area contributed by atoms with Crippen molar-refractivity contribution in [2.45, 2.75) is 111 Å². The van der Waals surface area contributed by atoms with E-state index in [1.54, 1.807) is 0 Å². The van der Waals surface area contributed by atoms with E-state index in [1.165, 1.54) is 32.6 Å². The van der Waals surface area contributed by atoms with E-state index in [2.05, 4.69) is 65.8 Å². The lowest BCUT2D eigenvalue weighted by Gasteiger charge is -2.69. The molecule has 34 heavy (non-hydrogen) atoms. The average molecular weight is 471 g/mol. The van der Waals surface area contributed by atoms with Crippen molar-refractivity contribution >= 4 is 5.97 Å². The Morgan fingerprint density at radius 3 is 2.38 bits per heavy atom. The van der Waals surface area contributed by atoms with E-state index < -0.39 is 5.60 Å². The summed E-state index contributed by atoms with van der Waals surface area (Å²) in [5, 5.41) is 0. The van der Waals surface area contributed by atoms with Gasteiger partial charge in [0.2, 0.25) is 0 Å². The van der Waals surface area contributed by atoms with Crippen molar-refractivity contribution in [3.05, 3.63) is 24.3 Å². The Morgan fingerprint density at radius 2 is 1.74 bits per heavy atom. The average Bonchev–Trinajstić information content (AvgIpc) is 3.14. The standard InChI is InChI=1S/C30H46O4/c1-19(2)20(3)8-9-21(4)24-10-11-25-27(24,6)14-13-26-28(7)15-12-23(32-22(5)31)18-29(28)16-17-30(25,26)34-33-29/h8-9,16-17,19-21,23-26H,10-15,18H2,1-7H3/b9-8+/t20-,21+,23-,24+,25+,26+,27+,28+,29+,30-/m0/s1. The first kappa shape index (κ1) is 24.6. The van der Waals surface area contributed by atoms with Crippen molar-refractivity contribution in [1.29, 1.82) is 0 Å². The minimum Gasteiger partial charge on any atom is -0.462 e. The van der Waals surface area contributed by atoms with Gasteiger partial charge >= 0.3 is 5.97 Å². The van der Waals surface area contributed by atoms with Crippen LogP contribution in [0.4, 0.5) is 0 Å². The van der Waals surface area contributed by atoms with Gasteiger partial charge in [-0.2, -0.15) is 0 Å². The van der Waals surface area contributed by atoms with Crippen molar-refractivity contribution in [2.75, 3.05) is 0 Å². The molecule has 6 rings (SSSR count). The highest BCUT2D eigenvalue weighted by Crippen LogP contribution is 2.72. The molecule has 4 fully saturated rings. The predicted octanol–water partition coefficient (Wildman–Crippen LogP) is 7.04. The van der Waals surface area contributed by atoms with Crippen LogP contribution in [0.2, 0.25) is 0 Å². The lowest BCUT2D eigenvalue weighted by molar-refractivity contribution is -0.497. The fourth-order valence-electron chi connectivity index (χ4n) is 9.03. The lowest BCUT2D eigenvalue weighted by atomic mass is 9.42. The molecule has 2 aliphatic heterocycles. The van der Waals surface area contributed by atoms with E-state index >= 15 is 0 Å². The van der Waals surface area contributed by atoms with E-state index in [4.69, 9.17) is 14.5 Å². The fourth-order valence-corrected chi connectivity index (χ4v) is 9.03. The van der Waals surface area contributed by atoms with Gasteiger partial charge < -0.3 is 4.74 Å². The van der Waals surface area contributed by atoms with Crippen LogP contribution in [0, 0.1) is 46.3 Å². The summed E-state index contributed by atoms with van der Waals surface area (Å²) in [6, 6.07) is 0. The first-order valence-electron chi connectivity index (χ1n) is 13.9. The van der Waals surface area contributed by atoms with Crippen LogP contribution in [0.3, 0.4) is 0 Å². The molecule has 3 saturated carbocycles. The lowest BCUT2D eigenvalue weighted by Crippen LogP contribution is -2.73. The van der Waals surface area contributed by atoms with Crippen LogP contribution in [-0.2, 0) is 19.3 Å². The topological polar surface area (TPSA) is 44.8 Å². The van der Waals surface area contributed by atoms with Gasteiger partial charge in [0.05, 0.1) is 0 Å². The smallest absolute Gasteiger partial charge is 0.302 e. The summed E-state index contributed by atoms with van der Waals surface area (Å²) < 4.78 is 5.63. The van der Waals surface area contributed by atoms with Crippen molar-refractivity contribution in [3.8, 4) is 0 Å². The van der Waals surface area contributed by atoms with E-state index in [0.717, 1.165) is 12.8 Å². The molecule has 0 unspecified atom stereocenters. The van der Waals surface area contributed by atoms with Gasteiger partial charge in [-0.05, 0) is 73.7 Å². The number of carbonyl (C=O) groups excluding carboxylic acids is 1. The molecule has 4 nitrogen and oxygen atoms in total. The minimum absolute atomic E-state index is 0.0221. The maximum absolute atomic E-state index is 11.6. The molecule has 190 valence electrons. The Labute approximate surface area is 206 Å². The van der Waals surface area contributed by atoms with Gasteiger partial charge in [-0.3, -0.25) is 4.79 Å². The van der Waals surface area contributed by atoms with Crippen LogP contribution >= 0.6 is 0 Å². The van der Waals surface area contributed by atoms with E-state index in [1.807, 2.05) is 0 Å². The molecular formula is C30H46O4. The third-order valence-corrected chi connectivity index (χ3v) is 11.4. The van der Waals surface area contributed by atoms with Gasteiger partial charge in [-0.15, -0.1) is 0 Å². The zero-order valence-corrected chi connectivity index (χ0v) is 22.4. The Bertz CT molecular complexity index is 877. The molecule has 4 aliphatic carbocycles. The van der Waals surface area contributed by atoms with Crippen LogP contribution in [0.15, 0.2) is 24.3 Å². The second-order valence-corrected chi connectivity index (χ2v) is 13.3. The summed E-state index contributed by atoms with van der Waals surface area (Å²) in [6.45, 7) is 15.9. The number of hydrogen-bond donors (Lipinski definition) is 0. The molecule has 2 bridgehead atoms. The van der Waals surface area contributed by atoms with Crippen molar-refractivity contribution in [3.63, 3.8) is 0 Å². The van der Waals surface area contributed by atoms with E-state index in [9.17, 15) is 4.79 Å². The fraction of sp³-hybridized carbons (Fsp3) is 0.833. The van der Waals surface area contributed by atoms with Gasteiger partial charge in [0.15, 0.2) is 0 Å². The molecule has 0 aromatic heterocycles. The Hall–Kier alpha value is -1.13. The summed E-state index contributed by atoms with van der Waals surface area (Å²) in [5.41, 5.74) is -0.514. The summed E-state index contributed by atoms with van der Waals surface area (Å²) in [6.07, 6.45) is 17.1. The first-order valence-corrected chi connectivity index (χ1v) is 13.9. The minimum atomic E-state index is -0.480. The summed E-state index contributed by atoms with van der Waals surface area (Å²) in [7, 11) is 0. The Kier molecular flexibility index (Phi) is 5.92. The predicted molar refractivity (Wildman–Crippen MR) is 134 cm³/mol. The van der Waals surface area contributed by atoms with Crippen LogP contribution in [0.5, 0.6) is 0 Å². The third kappa shape index (κ3) is 3.34. The summed E-state index contributed by atoms with van der Waals surface area (Å²) in [5.74, 6) is 3.30. The first-order chi connectivity index (χ1) is 16.0. The van der Waals surface area contributed by atoms with Gasteiger partial charge in [0.25, 0.3) is 0 Å². The zero-order chi connectivity index (χ0) is 24.5. The molecule has 0 radical (unpaired) electrons. The number of rotatable bonds is 5. The number of allylic oxidation sites excluding steroid dienone is 2. The molecule has 1 saturated heterocycles. The Morgan fingerprint density at radius 1 is 0.971 bits per heavy atom. The molecule has 0 N–H and O–H groups in total. The van der Waals surface area contributed by atoms with Gasteiger partial charge in [-0.25, -0.2) is 9.78 Å². The molecule has 2 heterocycles. The molecule has 0 amide bonds. The number of carbonyl (C=O) groups is 1. The van der Waals surface area contributed by atoms with Gasteiger partial charge in [-0.1, -0.05) is 59.8 Å². The van der Waals surface area contributed by atoms with Crippen molar-refractivity contribution < 1.29 is 19.3 Å². The number of esters is 1. The van der Waals surface area contributed by atoms with Crippen LogP contribution in [-0.4, -0.2) is 23.3 Å². The molecule has 0 aromatic rings. The maximum Gasteiger partial charge on any atom is 0.302 e. The Balaban J connectivity index is 1.42. The molecule has 6 aliphatic rings. The largest absolute Gasteiger partial charge is 0.462 e. The molecule has 10 atom stereocenters. The van der Waals surface area contributed by atoms with Gasteiger partial charge in [0, 0.05) is 30.6 Å². The second-order valence-electron chi connectivity index (χ2n) is 13.3. The second kappa shape index (κ2) is 8.20.